The molecule has 104 heavy (non-hydrogen) atoms. The molecule has 19 heteroatoms. The fourth-order valence-corrected chi connectivity index (χ4v) is 14.8. The van der Waals surface area contributed by atoms with Gasteiger partial charge in [0.15, 0.2) is 12.2 Å². The van der Waals surface area contributed by atoms with Gasteiger partial charge in [0.05, 0.1) is 26.4 Å². The van der Waals surface area contributed by atoms with Crippen molar-refractivity contribution in [3.05, 3.63) is 0 Å². The second-order valence-electron chi connectivity index (χ2n) is 31.5. The summed E-state index contributed by atoms with van der Waals surface area (Å²) in [6.07, 6.45) is 67.9. The molecule has 0 saturated heterocycles. The second-order valence-corrected chi connectivity index (χ2v) is 34.4. The van der Waals surface area contributed by atoms with Crippen molar-refractivity contribution in [3.8, 4) is 0 Å². The van der Waals surface area contributed by atoms with Crippen molar-refractivity contribution in [1.82, 2.24) is 0 Å². The Hall–Kier alpha value is -1.94. The van der Waals surface area contributed by atoms with Gasteiger partial charge in [0.1, 0.15) is 19.3 Å². The summed E-state index contributed by atoms with van der Waals surface area (Å²) >= 11 is 0. The van der Waals surface area contributed by atoms with Gasteiger partial charge in [0, 0.05) is 25.7 Å². The fourth-order valence-electron chi connectivity index (χ4n) is 13.2. The Labute approximate surface area is 638 Å². The Morgan fingerprint density at radius 2 is 0.442 bits per heavy atom. The van der Waals surface area contributed by atoms with Crippen molar-refractivity contribution in [2.24, 2.45) is 11.8 Å². The molecule has 0 aliphatic carbocycles. The van der Waals surface area contributed by atoms with Crippen molar-refractivity contribution >= 4 is 39.5 Å². The molecule has 0 heterocycles. The summed E-state index contributed by atoms with van der Waals surface area (Å²) in [5.41, 5.74) is 0. The van der Waals surface area contributed by atoms with Gasteiger partial charge in [0.2, 0.25) is 0 Å². The van der Waals surface area contributed by atoms with E-state index in [1.54, 1.807) is 0 Å². The van der Waals surface area contributed by atoms with Crippen LogP contribution in [-0.2, 0) is 65.4 Å². The predicted molar refractivity (Wildman–Crippen MR) is 428 cm³/mol. The summed E-state index contributed by atoms with van der Waals surface area (Å²) in [5.74, 6) is -0.544. The molecular formula is C85H166O17P2. The number of hydrogen-bond donors (Lipinski definition) is 3. The molecule has 0 aromatic carbocycles. The van der Waals surface area contributed by atoms with E-state index in [1.807, 2.05) is 0 Å². The highest BCUT2D eigenvalue weighted by molar-refractivity contribution is 7.47. The summed E-state index contributed by atoms with van der Waals surface area (Å²) < 4.78 is 68.9. The molecule has 0 aliphatic heterocycles. The summed E-state index contributed by atoms with van der Waals surface area (Å²) in [7, 11) is -9.93. The lowest BCUT2D eigenvalue weighted by atomic mass is 10.0. The maximum atomic E-state index is 13.1. The minimum Gasteiger partial charge on any atom is -0.462 e. The zero-order chi connectivity index (χ0) is 76.4. The van der Waals surface area contributed by atoms with Gasteiger partial charge in [0.25, 0.3) is 0 Å². The number of unbranched alkanes of at least 4 members (excludes halogenated alkanes) is 54. The van der Waals surface area contributed by atoms with Crippen LogP contribution in [-0.4, -0.2) is 96.7 Å². The van der Waals surface area contributed by atoms with Crippen molar-refractivity contribution in [3.63, 3.8) is 0 Å². The van der Waals surface area contributed by atoms with Gasteiger partial charge in [-0.1, -0.05) is 401 Å². The SMILES string of the molecule is CCCCCCCCCCCCCCCCCCCCCCCC(=O)O[C@H](COC(=O)CCCCCCCCCCCCCCC(C)C)COP(=O)(O)OC[C@@H](O)COP(=O)(O)OC[C@@H](COC(=O)CCCCCCCCCCCCCCC)OC(=O)CCCCCCCCCCCCCCC(C)C. The Balaban J connectivity index is 5.25. The van der Waals surface area contributed by atoms with Gasteiger partial charge in [-0.05, 0) is 37.5 Å². The first-order valence-corrected chi connectivity index (χ1v) is 47.0. The fraction of sp³-hybridized carbons (Fsp3) is 0.953. The first-order valence-electron chi connectivity index (χ1n) is 44.0. The number of ether oxygens (including phenoxy) is 4. The Morgan fingerprint density at radius 1 is 0.260 bits per heavy atom. The molecule has 618 valence electrons. The van der Waals surface area contributed by atoms with Crippen molar-refractivity contribution in [2.75, 3.05) is 39.6 Å². The number of carbonyl (C=O) groups is 4. The van der Waals surface area contributed by atoms with E-state index in [4.69, 9.17) is 37.0 Å². The largest absolute Gasteiger partial charge is 0.472 e. The number of aliphatic hydroxyl groups is 1. The summed E-state index contributed by atoms with van der Waals surface area (Å²) in [6, 6.07) is 0. The minimum absolute atomic E-state index is 0.108. The van der Waals surface area contributed by atoms with Gasteiger partial charge in [-0.15, -0.1) is 0 Å². The molecule has 0 rings (SSSR count). The molecule has 0 bridgehead atoms. The predicted octanol–water partition coefficient (Wildman–Crippen LogP) is 25.8. The van der Waals surface area contributed by atoms with Crippen LogP contribution in [0.1, 0.15) is 452 Å². The number of carbonyl (C=O) groups excluding carboxylic acids is 4. The second kappa shape index (κ2) is 76.4. The number of rotatable bonds is 84. The van der Waals surface area contributed by atoms with Gasteiger partial charge < -0.3 is 33.8 Å². The average molecular weight is 1520 g/mol. The molecule has 0 fully saturated rings. The van der Waals surface area contributed by atoms with Gasteiger partial charge >= 0.3 is 39.5 Å². The highest BCUT2D eigenvalue weighted by atomic mass is 31.2. The standard InChI is InChI=1S/C85H166O17P2/c1-7-9-11-13-15-17-19-21-22-23-24-25-26-27-28-30-39-45-51-57-63-69-84(89)101-80(74-96-83(88)68-62-56-50-44-38-33-31-35-41-47-53-59-65-77(3)4)75-99-103(91,92)97-71-79(86)72-98-104(93,94)100-76-81(73-95-82(87)67-61-55-49-43-37-29-20-18-16-14-12-10-8-2)102-85(90)70-64-58-52-46-40-34-32-36-42-48-54-60-66-78(5)6/h77-81,86H,7-76H2,1-6H3,(H,91,92)(H,93,94)/t79-,80-,81-/m1/s1. The minimum atomic E-state index is -4.96. The van der Waals surface area contributed by atoms with Crippen molar-refractivity contribution < 1.29 is 80.2 Å². The smallest absolute Gasteiger partial charge is 0.462 e. The Bertz CT molecular complexity index is 1990. The third kappa shape index (κ3) is 78.2. The number of esters is 4. The molecule has 0 spiro atoms. The molecule has 2 unspecified atom stereocenters. The number of phosphoric acid groups is 2. The molecule has 17 nitrogen and oxygen atoms in total. The van der Waals surface area contributed by atoms with Crippen molar-refractivity contribution in [2.45, 2.75) is 471 Å². The zero-order valence-corrected chi connectivity index (χ0v) is 70.1. The van der Waals surface area contributed by atoms with Crippen LogP contribution in [0.3, 0.4) is 0 Å². The van der Waals surface area contributed by atoms with E-state index in [0.717, 1.165) is 102 Å². The number of phosphoric ester groups is 2. The molecule has 0 aromatic rings. The van der Waals surface area contributed by atoms with Crippen LogP contribution in [0, 0.1) is 11.8 Å². The van der Waals surface area contributed by atoms with Gasteiger partial charge in [-0.2, -0.15) is 0 Å². The van der Waals surface area contributed by atoms with Crippen LogP contribution in [0.5, 0.6) is 0 Å². The topological polar surface area (TPSA) is 237 Å². The lowest BCUT2D eigenvalue weighted by molar-refractivity contribution is -0.161. The van der Waals surface area contributed by atoms with Crippen LogP contribution in [0.15, 0.2) is 0 Å². The lowest BCUT2D eigenvalue weighted by Crippen LogP contribution is -2.30. The molecule has 0 aliphatic rings. The van der Waals surface area contributed by atoms with E-state index in [2.05, 4.69) is 41.5 Å². The van der Waals surface area contributed by atoms with Crippen LogP contribution in [0.25, 0.3) is 0 Å². The molecule has 0 aromatic heterocycles. The first kappa shape index (κ1) is 102. The van der Waals surface area contributed by atoms with Crippen LogP contribution in [0.2, 0.25) is 0 Å². The Kier molecular flexibility index (Phi) is 75.0. The zero-order valence-electron chi connectivity index (χ0n) is 68.3. The summed E-state index contributed by atoms with van der Waals surface area (Å²) in [6.45, 7) is 9.69. The van der Waals surface area contributed by atoms with E-state index in [9.17, 15) is 43.2 Å². The molecule has 3 N–H and O–H groups in total. The monoisotopic (exact) mass is 1520 g/mol. The van der Waals surface area contributed by atoms with Crippen LogP contribution in [0.4, 0.5) is 0 Å². The maximum Gasteiger partial charge on any atom is 0.472 e. The molecule has 0 radical (unpaired) electrons. The highest BCUT2D eigenvalue weighted by Crippen LogP contribution is 2.45. The number of aliphatic hydroxyl groups excluding tert-OH is 1. The molecular weight excluding hydrogens is 1350 g/mol. The van der Waals surface area contributed by atoms with Gasteiger partial charge in [-0.3, -0.25) is 37.3 Å². The van der Waals surface area contributed by atoms with Crippen molar-refractivity contribution in [1.29, 1.82) is 0 Å². The van der Waals surface area contributed by atoms with Gasteiger partial charge in [-0.25, -0.2) is 9.13 Å². The molecule has 0 saturated carbocycles. The highest BCUT2D eigenvalue weighted by Gasteiger charge is 2.30. The molecule has 5 atom stereocenters. The molecule has 0 amide bonds. The average Bonchev–Trinajstić information content (AvgIpc) is 0.914. The van der Waals surface area contributed by atoms with E-state index in [0.29, 0.717) is 25.7 Å². The van der Waals surface area contributed by atoms with Crippen LogP contribution < -0.4 is 0 Å². The lowest BCUT2D eigenvalue weighted by Gasteiger charge is -2.21. The normalized spacial score (nSPS) is 13.8. The van der Waals surface area contributed by atoms with E-state index < -0.39 is 97.5 Å². The maximum absolute atomic E-state index is 13.1. The quantitative estimate of drug-likeness (QED) is 0.0222. The number of hydrogen-bond acceptors (Lipinski definition) is 15. The van der Waals surface area contributed by atoms with E-state index in [-0.39, 0.29) is 25.7 Å². The Morgan fingerprint density at radius 3 is 0.654 bits per heavy atom. The first-order chi connectivity index (χ1) is 50.4. The summed E-state index contributed by atoms with van der Waals surface area (Å²) in [5, 5.41) is 10.7. The third-order valence-corrected chi connectivity index (χ3v) is 21.9. The van der Waals surface area contributed by atoms with E-state index in [1.165, 1.54) is 270 Å². The summed E-state index contributed by atoms with van der Waals surface area (Å²) in [4.78, 5) is 73.2. The van der Waals surface area contributed by atoms with E-state index >= 15 is 0 Å². The third-order valence-electron chi connectivity index (χ3n) is 20.0. The van der Waals surface area contributed by atoms with Crippen LogP contribution >= 0.6 is 15.6 Å².